The molecule has 1 saturated carbocycles. The van der Waals surface area contributed by atoms with Crippen LogP contribution in [-0.4, -0.2) is 36.5 Å². The molecule has 2 aliphatic rings. The van der Waals surface area contributed by atoms with Crippen molar-refractivity contribution in [1.82, 2.24) is 10.2 Å². The molecule has 1 amide bonds. The quantitative estimate of drug-likeness (QED) is 0.639. The van der Waals surface area contributed by atoms with Gasteiger partial charge in [0.25, 0.3) is 0 Å². The summed E-state index contributed by atoms with van der Waals surface area (Å²) in [6, 6.07) is 0.486. The molecule has 68 valence electrons. The van der Waals surface area contributed by atoms with Gasteiger partial charge in [-0.25, -0.2) is 0 Å². The highest BCUT2D eigenvalue weighted by atomic mass is 16.2. The molecule has 1 aliphatic heterocycles. The van der Waals surface area contributed by atoms with E-state index in [4.69, 9.17) is 0 Å². The lowest BCUT2D eigenvalue weighted by Crippen LogP contribution is -2.52. The third-order valence-corrected chi connectivity index (χ3v) is 2.92. The molecule has 0 aromatic heterocycles. The van der Waals surface area contributed by atoms with Gasteiger partial charge in [-0.3, -0.25) is 4.79 Å². The zero-order valence-corrected chi connectivity index (χ0v) is 7.55. The van der Waals surface area contributed by atoms with Gasteiger partial charge in [0.15, 0.2) is 0 Å². The fourth-order valence-electron chi connectivity index (χ4n) is 1.88. The number of carbonyl (C=O) groups excluding carboxylic acids is 1. The SMILES string of the molecule is CC(C1CC1)N1CCNCC1=O. The molecule has 0 spiro atoms. The Hall–Kier alpha value is -0.570. The van der Waals surface area contributed by atoms with Gasteiger partial charge in [-0.2, -0.15) is 0 Å². The van der Waals surface area contributed by atoms with Crippen LogP contribution in [-0.2, 0) is 4.79 Å². The minimum absolute atomic E-state index is 0.278. The predicted molar refractivity (Wildman–Crippen MR) is 46.8 cm³/mol. The topological polar surface area (TPSA) is 32.3 Å². The number of amides is 1. The number of carbonyl (C=O) groups is 1. The van der Waals surface area contributed by atoms with E-state index in [-0.39, 0.29) is 5.91 Å². The van der Waals surface area contributed by atoms with Gasteiger partial charge in [-0.05, 0) is 25.7 Å². The number of hydrogen-bond acceptors (Lipinski definition) is 2. The maximum atomic E-state index is 11.4. The standard InChI is InChI=1S/C9H16N2O/c1-7(8-2-3-8)11-5-4-10-6-9(11)12/h7-8,10H,2-6H2,1H3. The first-order valence-corrected chi connectivity index (χ1v) is 4.79. The van der Waals surface area contributed by atoms with Crippen molar-refractivity contribution >= 4 is 5.91 Å². The maximum Gasteiger partial charge on any atom is 0.236 e. The van der Waals surface area contributed by atoms with E-state index in [1.54, 1.807) is 0 Å². The highest BCUT2D eigenvalue weighted by Crippen LogP contribution is 2.35. The second-order valence-corrected chi connectivity index (χ2v) is 3.84. The first-order chi connectivity index (χ1) is 5.79. The predicted octanol–water partition coefficient (Wildman–Crippen LogP) is 0.217. The Bertz CT molecular complexity index is 189. The van der Waals surface area contributed by atoms with Gasteiger partial charge < -0.3 is 10.2 Å². The van der Waals surface area contributed by atoms with E-state index in [9.17, 15) is 4.79 Å². The molecule has 1 saturated heterocycles. The van der Waals surface area contributed by atoms with Gasteiger partial charge >= 0.3 is 0 Å². The van der Waals surface area contributed by atoms with Crippen LogP contribution in [0.3, 0.4) is 0 Å². The molecule has 1 unspecified atom stereocenters. The van der Waals surface area contributed by atoms with Gasteiger partial charge in [-0.15, -0.1) is 0 Å². The Morgan fingerprint density at radius 1 is 1.58 bits per heavy atom. The van der Waals surface area contributed by atoms with Crippen LogP contribution in [0.1, 0.15) is 19.8 Å². The maximum absolute atomic E-state index is 11.4. The van der Waals surface area contributed by atoms with Crippen LogP contribution in [0.15, 0.2) is 0 Å². The molecule has 0 bridgehead atoms. The van der Waals surface area contributed by atoms with Crippen molar-refractivity contribution in [3.63, 3.8) is 0 Å². The van der Waals surface area contributed by atoms with E-state index in [2.05, 4.69) is 12.2 Å². The highest BCUT2D eigenvalue weighted by Gasteiger charge is 2.34. The van der Waals surface area contributed by atoms with Crippen molar-refractivity contribution in [3.8, 4) is 0 Å². The van der Waals surface area contributed by atoms with E-state index < -0.39 is 0 Å². The smallest absolute Gasteiger partial charge is 0.236 e. The molecule has 1 N–H and O–H groups in total. The molecule has 1 heterocycles. The van der Waals surface area contributed by atoms with Crippen LogP contribution < -0.4 is 5.32 Å². The zero-order chi connectivity index (χ0) is 8.55. The van der Waals surface area contributed by atoms with Gasteiger partial charge in [0.1, 0.15) is 0 Å². The lowest BCUT2D eigenvalue weighted by Gasteiger charge is -2.33. The van der Waals surface area contributed by atoms with Gasteiger partial charge in [0.2, 0.25) is 5.91 Å². The van der Waals surface area contributed by atoms with Gasteiger partial charge in [-0.1, -0.05) is 0 Å². The van der Waals surface area contributed by atoms with Crippen LogP contribution in [0.2, 0.25) is 0 Å². The van der Waals surface area contributed by atoms with Crippen molar-refractivity contribution in [1.29, 1.82) is 0 Å². The normalized spacial score (nSPS) is 27.4. The average Bonchev–Trinajstić information content (AvgIpc) is 2.86. The van der Waals surface area contributed by atoms with Crippen LogP contribution in [0.5, 0.6) is 0 Å². The zero-order valence-electron chi connectivity index (χ0n) is 7.55. The summed E-state index contributed by atoms with van der Waals surface area (Å²) < 4.78 is 0. The summed E-state index contributed by atoms with van der Waals surface area (Å²) in [5.41, 5.74) is 0. The number of nitrogens with zero attached hydrogens (tertiary/aromatic N) is 1. The van der Waals surface area contributed by atoms with Crippen LogP contribution in [0.4, 0.5) is 0 Å². The van der Waals surface area contributed by atoms with E-state index >= 15 is 0 Å². The lowest BCUT2D eigenvalue weighted by molar-refractivity contribution is -0.134. The summed E-state index contributed by atoms with van der Waals surface area (Å²) in [6.45, 7) is 4.58. The molecule has 3 heteroatoms. The number of piperazine rings is 1. The molecule has 0 radical (unpaired) electrons. The highest BCUT2D eigenvalue weighted by molar-refractivity contribution is 5.79. The summed E-state index contributed by atoms with van der Waals surface area (Å²) >= 11 is 0. The van der Waals surface area contributed by atoms with Gasteiger partial charge in [0, 0.05) is 19.1 Å². The second kappa shape index (κ2) is 3.05. The molecular formula is C9H16N2O. The van der Waals surface area contributed by atoms with Crippen molar-refractivity contribution in [2.24, 2.45) is 5.92 Å². The Morgan fingerprint density at radius 3 is 2.92 bits per heavy atom. The summed E-state index contributed by atoms with van der Waals surface area (Å²) in [6.07, 6.45) is 2.64. The molecular weight excluding hydrogens is 152 g/mol. The third kappa shape index (κ3) is 1.46. The molecule has 2 fully saturated rings. The first kappa shape index (κ1) is 8.05. The minimum atomic E-state index is 0.278. The molecule has 3 nitrogen and oxygen atoms in total. The van der Waals surface area contributed by atoms with Crippen LogP contribution in [0.25, 0.3) is 0 Å². The molecule has 0 aromatic carbocycles. The number of hydrogen-bond donors (Lipinski definition) is 1. The van der Waals surface area contributed by atoms with Crippen LogP contribution in [0, 0.1) is 5.92 Å². The first-order valence-electron chi connectivity index (χ1n) is 4.79. The second-order valence-electron chi connectivity index (χ2n) is 3.84. The van der Waals surface area contributed by atoms with E-state index in [1.165, 1.54) is 12.8 Å². The van der Waals surface area contributed by atoms with E-state index in [1.807, 2.05) is 4.90 Å². The van der Waals surface area contributed by atoms with E-state index in [0.29, 0.717) is 12.6 Å². The lowest BCUT2D eigenvalue weighted by atomic mass is 10.1. The minimum Gasteiger partial charge on any atom is -0.337 e. The Labute approximate surface area is 73.1 Å². The monoisotopic (exact) mass is 168 g/mol. The summed E-state index contributed by atoms with van der Waals surface area (Å²) in [4.78, 5) is 13.5. The van der Waals surface area contributed by atoms with Crippen molar-refractivity contribution in [3.05, 3.63) is 0 Å². The van der Waals surface area contributed by atoms with Crippen LogP contribution >= 0.6 is 0 Å². The van der Waals surface area contributed by atoms with Crippen molar-refractivity contribution in [2.75, 3.05) is 19.6 Å². The molecule has 12 heavy (non-hydrogen) atoms. The number of rotatable bonds is 2. The number of nitrogens with one attached hydrogen (secondary N) is 1. The fraction of sp³-hybridized carbons (Fsp3) is 0.889. The average molecular weight is 168 g/mol. The Kier molecular flexibility index (Phi) is 2.05. The van der Waals surface area contributed by atoms with Crippen molar-refractivity contribution < 1.29 is 4.79 Å². The Balaban J connectivity index is 1.94. The van der Waals surface area contributed by atoms with Gasteiger partial charge in [0.05, 0.1) is 6.54 Å². The molecule has 2 rings (SSSR count). The third-order valence-electron chi connectivity index (χ3n) is 2.92. The fourth-order valence-corrected chi connectivity index (χ4v) is 1.88. The summed E-state index contributed by atoms with van der Waals surface area (Å²) in [7, 11) is 0. The summed E-state index contributed by atoms with van der Waals surface area (Å²) in [5, 5.41) is 3.09. The Morgan fingerprint density at radius 2 is 2.33 bits per heavy atom. The molecule has 0 aromatic rings. The molecule has 1 atom stereocenters. The summed E-state index contributed by atoms with van der Waals surface area (Å²) in [5.74, 6) is 1.08. The van der Waals surface area contributed by atoms with Crippen molar-refractivity contribution in [2.45, 2.75) is 25.8 Å². The van der Waals surface area contributed by atoms with E-state index in [0.717, 1.165) is 19.0 Å². The molecule has 1 aliphatic carbocycles. The largest absolute Gasteiger partial charge is 0.337 e.